The summed E-state index contributed by atoms with van der Waals surface area (Å²) in [6.07, 6.45) is 1.07. The van der Waals surface area contributed by atoms with Gasteiger partial charge in [0, 0.05) is 12.1 Å². The van der Waals surface area contributed by atoms with Crippen LogP contribution in [0, 0.1) is 11.7 Å². The summed E-state index contributed by atoms with van der Waals surface area (Å²) in [5.74, 6) is 0.162. The van der Waals surface area contributed by atoms with Crippen LogP contribution in [0.15, 0.2) is 23.4 Å². The van der Waals surface area contributed by atoms with Gasteiger partial charge in [0.1, 0.15) is 5.82 Å². The molecule has 1 aromatic rings. The van der Waals surface area contributed by atoms with Gasteiger partial charge in [0.2, 0.25) is 0 Å². The molecule has 0 unspecified atom stereocenters. The molecule has 0 aliphatic rings. The molecule has 0 aliphatic carbocycles. The molecule has 0 aromatic heterocycles. The lowest BCUT2D eigenvalue weighted by atomic mass is 10.1. The molecule has 0 fully saturated rings. The first-order valence-corrected chi connectivity index (χ1v) is 6.01. The van der Waals surface area contributed by atoms with Gasteiger partial charge in [-0.1, -0.05) is 19.0 Å². The molecule has 100 valence electrons. The average Bonchev–Trinajstić information content (AvgIpc) is 2.32. The second-order valence-electron chi connectivity index (χ2n) is 4.69. The predicted octanol–water partition coefficient (Wildman–Crippen LogP) is 2.06. The van der Waals surface area contributed by atoms with Crippen molar-refractivity contribution in [1.82, 2.24) is 5.32 Å². The van der Waals surface area contributed by atoms with Crippen LogP contribution in [-0.2, 0) is 6.54 Å². The Hall–Kier alpha value is -1.62. The van der Waals surface area contributed by atoms with Gasteiger partial charge >= 0.3 is 0 Å². The SMILES string of the molecule is CC(C)CCNCc1cc(F)cc(/C(N)=N/O)c1. The minimum Gasteiger partial charge on any atom is -0.409 e. The first-order valence-electron chi connectivity index (χ1n) is 6.01. The van der Waals surface area contributed by atoms with Crippen molar-refractivity contribution in [2.45, 2.75) is 26.8 Å². The normalized spacial score (nSPS) is 12.1. The number of nitrogens with two attached hydrogens (primary N) is 1. The third-order valence-electron chi connectivity index (χ3n) is 2.59. The Morgan fingerprint density at radius 1 is 1.44 bits per heavy atom. The van der Waals surface area contributed by atoms with E-state index < -0.39 is 0 Å². The Balaban J connectivity index is 2.63. The molecule has 0 bridgehead atoms. The van der Waals surface area contributed by atoms with Crippen LogP contribution in [0.25, 0.3) is 0 Å². The zero-order valence-electron chi connectivity index (χ0n) is 10.8. The minimum atomic E-state index is -0.389. The first-order chi connectivity index (χ1) is 8.52. The number of oxime groups is 1. The molecule has 18 heavy (non-hydrogen) atoms. The molecule has 0 radical (unpaired) electrons. The predicted molar refractivity (Wildman–Crippen MR) is 70.1 cm³/mol. The maximum Gasteiger partial charge on any atom is 0.170 e. The monoisotopic (exact) mass is 253 g/mol. The van der Waals surface area contributed by atoms with E-state index in [-0.39, 0.29) is 11.7 Å². The van der Waals surface area contributed by atoms with Gasteiger partial charge in [0.15, 0.2) is 5.84 Å². The highest BCUT2D eigenvalue weighted by Crippen LogP contribution is 2.09. The number of hydrogen-bond acceptors (Lipinski definition) is 3. The molecule has 0 saturated carbocycles. The van der Waals surface area contributed by atoms with Gasteiger partial charge in [0.05, 0.1) is 0 Å². The smallest absolute Gasteiger partial charge is 0.170 e. The van der Waals surface area contributed by atoms with E-state index >= 15 is 0 Å². The maximum absolute atomic E-state index is 13.3. The van der Waals surface area contributed by atoms with Crippen molar-refractivity contribution >= 4 is 5.84 Å². The van der Waals surface area contributed by atoms with Crippen molar-refractivity contribution in [3.05, 3.63) is 35.1 Å². The van der Waals surface area contributed by atoms with E-state index in [2.05, 4.69) is 24.3 Å². The summed E-state index contributed by atoms with van der Waals surface area (Å²) in [6.45, 7) is 5.75. The fourth-order valence-corrected chi connectivity index (χ4v) is 1.58. The summed E-state index contributed by atoms with van der Waals surface area (Å²) in [4.78, 5) is 0. The third-order valence-corrected chi connectivity index (χ3v) is 2.59. The highest BCUT2D eigenvalue weighted by molar-refractivity contribution is 5.97. The summed E-state index contributed by atoms with van der Waals surface area (Å²) in [5, 5.41) is 14.7. The number of nitrogens with zero attached hydrogens (tertiary/aromatic N) is 1. The molecule has 0 amide bonds. The molecule has 1 aromatic carbocycles. The third kappa shape index (κ3) is 4.71. The zero-order valence-corrected chi connectivity index (χ0v) is 10.8. The van der Waals surface area contributed by atoms with Crippen molar-refractivity contribution in [2.75, 3.05) is 6.54 Å². The van der Waals surface area contributed by atoms with Crippen molar-refractivity contribution in [2.24, 2.45) is 16.8 Å². The van der Waals surface area contributed by atoms with Crippen LogP contribution in [-0.4, -0.2) is 17.6 Å². The molecule has 4 nitrogen and oxygen atoms in total. The Morgan fingerprint density at radius 3 is 2.78 bits per heavy atom. The molecule has 1 rings (SSSR count). The highest BCUT2D eigenvalue weighted by atomic mass is 19.1. The molecular formula is C13H20FN3O. The van der Waals surface area contributed by atoms with Crippen LogP contribution in [0.3, 0.4) is 0 Å². The summed E-state index contributed by atoms with van der Waals surface area (Å²) < 4.78 is 13.3. The minimum absolute atomic E-state index is 0.0852. The van der Waals surface area contributed by atoms with Crippen LogP contribution in [0.1, 0.15) is 31.4 Å². The number of halogens is 1. The lowest BCUT2D eigenvalue weighted by molar-refractivity contribution is 0.318. The topological polar surface area (TPSA) is 70.6 Å². The van der Waals surface area contributed by atoms with Gasteiger partial charge in [0.25, 0.3) is 0 Å². The number of nitrogens with one attached hydrogen (secondary N) is 1. The largest absolute Gasteiger partial charge is 0.409 e. The van der Waals surface area contributed by atoms with Crippen LogP contribution < -0.4 is 11.1 Å². The van der Waals surface area contributed by atoms with E-state index in [1.165, 1.54) is 12.1 Å². The lowest BCUT2D eigenvalue weighted by Gasteiger charge is -2.08. The Labute approximate surface area is 107 Å². The van der Waals surface area contributed by atoms with Gasteiger partial charge in [-0.3, -0.25) is 0 Å². The van der Waals surface area contributed by atoms with Crippen LogP contribution >= 0.6 is 0 Å². The highest BCUT2D eigenvalue weighted by Gasteiger charge is 2.04. The fraction of sp³-hybridized carbons (Fsp3) is 0.462. The van der Waals surface area contributed by atoms with E-state index in [1.54, 1.807) is 6.07 Å². The molecule has 0 aliphatic heterocycles. The Morgan fingerprint density at radius 2 is 2.17 bits per heavy atom. The molecule has 0 spiro atoms. The van der Waals surface area contributed by atoms with E-state index in [1.807, 2.05) is 0 Å². The van der Waals surface area contributed by atoms with E-state index in [4.69, 9.17) is 10.9 Å². The van der Waals surface area contributed by atoms with E-state index in [0.717, 1.165) is 18.5 Å². The van der Waals surface area contributed by atoms with E-state index in [9.17, 15) is 4.39 Å². The Bertz CT molecular complexity index is 419. The van der Waals surface area contributed by atoms with Crippen molar-refractivity contribution in [1.29, 1.82) is 0 Å². The summed E-state index contributed by atoms with van der Waals surface area (Å²) in [6, 6.07) is 4.39. The molecule has 4 N–H and O–H groups in total. The van der Waals surface area contributed by atoms with Crippen LogP contribution in [0.4, 0.5) is 4.39 Å². The molecule has 0 atom stereocenters. The molecule has 0 heterocycles. The van der Waals surface area contributed by atoms with Crippen molar-refractivity contribution < 1.29 is 9.60 Å². The maximum atomic E-state index is 13.3. The van der Waals surface area contributed by atoms with Gasteiger partial charge in [-0.05, 0) is 42.6 Å². The number of amidine groups is 1. The molecule has 0 saturated heterocycles. The van der Waals surface area contributed by atoms with Gasteiger partial charge in [-0.15, -0.1) is 0 Å². The second-order valence-corrected chi connectivity index (χ2v) is 4.69. The van der Waals surface area contributed by atoms with Gasteiger partial charge in [-0.2, -0.15) is 0 Å². The summed E-state index contributed by atoms with van der Waals surface area (Å²) in [7, 11) is 0. The average molecular weight is 253 g/mol. The number of rotatable bonds is 6. The van der Waals surface area contributed by atoms with Crippen LogP contribution in [0.2, 0.25) is 0 Å². The number of hydrogen-bond donors (Lipinski definition) is 3. The lowest BCUT2D eigenvalue weighted by Crippen LogP contribution is -2.18. The zero-order chi connectivity index (χ0) is 13.5. The standard InChI is InChI=1S/C13H20FN3O/c1-9(2)3-4-16-8-10-5-11(13(15)17-18)7-12(14)6-10/h5-7,9,16,18H,3-4,8H2,1-2H3,(H2,15,17). The van der Waals surface area contributed by atoms with Crippen LogP contribution in [0.5, 0.6) is 0 Å². The van der Waals surface area contributed by atoms with Crippen molar-refractivity contribution in [3.63, 3.8) is 0 Å². The van der Waals surface area contributed by atoms with Gasteiger partial charge < -0.3 is 16.3 Å². The van der Waals surface area contributed by atoms with Gasteiger partial charge in [-0.25, -0.2) is 4.39 Å². The van der Waals surface area contributed by atoms with E-state index in [0.29, 0.717) is 18.0 Å². The Kier molecular flexibility index (Phi) is 5.58. The summed E-state index contributed by atoms with van der Waals surface area (Å²) >= 11 is 0. The second kappa shape index (κ2) is 6.96. The fourth-order valence-electron chi connectivity index (χ4n) is 1.58. The molecular weight excluding hydrogens is 233 g/mol. The quantitative estimate of drug-likeness (QED) is 0.239. The molecule has 5 heteroatoms. The summed E-state index contributed by atoms with van der Waals surface area (Å²) in [5.41, 5.74) is 6.60. The van der Waals surface area contributed by atoms with Crippen molar-refractivity contribution in [3.8, 4) is 0 Å². The number of benzene rings is 1. The first kappa shape index (κ1) is 14.4.